The van der Waals surface area contributed by atoms with Crippen LogP contribution in [0, 0.1) is 5.92 Å². The molecule has 0 fully saturated rings. The van der Waals surface area contributed by atoms with E-state index < -0.39 is 18.0 Å². The number of unbranched alkanes of at least 4 members (excludes halogenated alkanes) is 2. The summed E-state index contributed by atoms with van der Waals surface area (Å²) in [5.74, 6) is -0.683. The number of carbonyl (C=O) groups excluding carboxylic acids is 2. The van der Waals surface area contributed by atoms with Crippen LogP contribution in [0.4, 0.5) is 0 Å². The molecule has 0 rings (SSSR count). The molecule has 0 bridgehead atoms. The van der Waals surface area contributed by atoms with Crippen molar-refractivity contribution in [3.8, 4) is 0 Å². The van der Waals surface area contributed by atoms with Crippen LogP contribution in [-0.2, 0) is 9.59 Å². The van der Waals surface area contributed by atoms with Crippen LogP contribution in [0.3, 0.4) is 0 Å². The van der Waals surface area contributed by atoms with Crippen molar-refractivity contribution in [3.63, 3.8) is 0 Å². The van der Waals surface area contributed by atoms with Crippen LogP contribution in [-0.4, -0.2) is 52.5 Å². The molecule has 1 unspecified atom stereocenters. The normalized spacial score (nSPS) is 13.8. The smallest absolute Gasteiger partial charge is 0.240 e. The Morgan fingerprint density at radius 1 is 0.833 bits per heavy atom. The molecule has 0 spiro atoms. The molecule has 9 heteroatoms. The highest BCUT2D eigenvalue weighted by molar-refractivity contribution is 5.91. The third-order valence-electron chi connectivity index (χ3n) is 3.76. The summed E-state index contributed by atoms with van der Waals surface area (Å²) in [6, 6.07) is -1.41. The molecule has 0 aliphatic heterocycles. The number of carbonyl (C=O) groups is 2. The fourth-order valence-corrected chi connectivity index (χ4v) is 2.32. The number of ketones is 1. The van der Waals surface area contributed by atoms with Gasteiger partial charge in [-0.25, -0.2) is 11.0 Å². The molecule has 142 valence electrons. The van der Waals surface area contributed by atoms with E-state index in [0.717, 1.165) is 0 Å². The Hall–Kier alpha value is -1.10. The van der Waals surface area contributed by atoms with E-state index in [-0.39, 0.29) is 11.7 Å². The number of hydroxylamine groups is 3. The highest BCUT2D eigenvalue weighted by Gasteiger charge is 2.26. The Morgan fingerprint density at radius 2 is 1.33 bits per heavy atom. The van der Waals surface area contributed by atoms with E-state index >= 15 is 0 Å². The van der Waals surface area contributed by atoms with Crippen LogP contribution >= 0.6 is 0 Å². The zero-order valence-electron chi connectivity index (χ0n) is 14.5. The van der Waals surface area contributed by atoms with E-state index in [1.807, 2.05) is 11.0 Å². The Morgan fingerprint density at radius 3 is 1.75 bits per heavy atom. The van der Waals surface area contributed by atoms with Crippen LogP contribution in [0.15, 0.2) is 0 Å². The van der Waals surface area contributed by atoms with Crippen LogP contribution in [0.2, 0.25) is 0 Å². The minimum atomic E-state index is -0.801. The molecule has 0 saturated heterocycles. The molecule has 9 nitrogen and oxygen atoms in total. The van der Waals surface area contributed by atoms with Gasteiger partial charge in [0, 0.05) is 19.0 Å². The maximum absolute atomic E-state index is 12.3. The largest absolute Gasteiger partial charge is 0.345 e. The fourth-order valence-electron chi connectivity index (χ4n) is 2.32. The van der Waals surface area contributed by atoms with E-state index in [1.54, 1.807) is 13.8 Å². The van der Waals surface area contributed by atoms with E-state index in [2.05, 4.69) is 10.8 Å². The minimum absolute atomic E-state index is 0.0542. The Balaban J connectivity index is 4.54. The standard InChI is InChI=1S/C15H32N4O5/c1-11(2)14(20)12(7-3-5-9-16-22)18-15(21)13(19-24)8-4-6-10-17-23/h11-13,16-17,19,22-24H,3-10H2,1-2H3,(H,18,21)/t12?,13-/m0/s1. The number of nitrogens with one attached hydrogen (secondary N) is 4. The summed E-state index contributed by atoms with van der Waals surface area (Å²) in [6.07, 6.45) is 3.52. The van der Waals surface area contributed by atoms with Gasteiger partial charge in [0.05, 0.1) is 6.04 Å². The highest BCUT2D eigenvalue weighted by Crippen LogP contribution is 2.09. The van der Waals surface area contributed by atoms with Crippen molar-refractivity contribution in [3.05, 3.63) is 0 Å². The molecular formula is C15H32N4O5. The van der Waals surface area contributed by atoms with Gasteiger partial charge in [0.2, 0.25) is 5.91 Å². The molecule has 0 saturated carbocycles. The Bertz CT molecular complexity index is 355. The third kappa shape index (κ3) is 9.91. The first-order chi connectivity index (χ1) is 11.5. The van der Waals surface area contributed by atoms with E-state index in [9.17, 15) is 9.59 Å². The molecule has 0 aliphatic carbocycles. The second-order valence-corrected chi connectivity index (χ2v) is 6.11. The van der Waals surface area contributed by atoms with Gasteiger partial charge in [-0.2, -0.15) is 5.48 Å². The zero-order chi connectivity index (χ0) is 18.4. The highest BCUT2D eigenvalue weighted by atomic mass is 16.5. The van der Waals surface area contributed by atoms with Gasteiger partial charge in [-0.15, -0.1) is 0 Å². The molecule has 7 N–H and O–H groups in total. The summed E-state index contributed by atoms with van der Waals surface area (Å²) in [5, 5.41) is 28.9. The van der Waals surface area contributed by atoms with Crippen LogP contribution in [0.25, 0.3) is 0 Å². The lowest BCUT2D eigenvalue weighted by Gasteiger charge is -2.22. The summed E-state index contributed by atoms with van der Waals surface area (Å²) in [5.41, 5.74) is 6.07. The van der Waals surface area contributed by atoms with Gasteiger partial charge in [-0.3, -0.25) is 9.59 Å². The first-order valence-electron chi connectivity index (χ1n) is 8.45. The van der Waals surface area contributed by atoms with Crippen molar-refractivity contribution in [1.82, 2.24) is 21.8 Å². The SMILES string of the molecule is CC(C)C(=O)C(CCCCNO)NC(=O)[C@H](CCCCNO)NO. The number of hydrogen-bond acceptors (Lipinski definition) is 8. The molecule has 0 aromatic heterocycles. The summed E-state index contributed by atoms with van der Waals surface area (Å²) < 4.78 is 0. The summed E-state index contributed by atoms with van der Waals surface area (Å²) in [4.78, 5) is 24.5. The van der Waals surface area contributed by atoms with Crippen molar-refractivity contribution in [2.45, 2.75) is 64.5 Å². The van der Waals surface area contributed by atoms with Gasteiger partial charge < -0.3 is 20.9 Å². The van der Waals surface area contributed by atoms with Crippen molar-refractivity contribution in [2.75, 3.05) is 13.1 Å². The third-order valence-corrected chi connectivity index (χ3v) is 3.76. The lowest BCUT2D eigenvalue weighted by Crippen LogP contribution is -2.50. The van der Waals surface area contributed by atoms with E-state index in [1.165, 1.54) is 0 Å². The molecule has 2 atom stereocenters. The summed E-state index contributed by atoms with van der Waals surface area (Å²) in [6.45, 7) is 4.39. The van der Waals surface area contributed by atoms with Gasteiger partial charge in [-0.05, 0) is 38.5 Å². The molecule has 0 radical (unpaired) electrons. The van der Waals surface area contributed by atoms with Crippen molar-refractivity contribution < 1.29 is 25.2 Å². The maximum atomic E-state index is 12.3. The van der Waals surface area contributed by atoms with Crippen molar-refractivity contribution in [1.29, 1.82) is 0 Å². The van der Waals surface area contributed by atoms with Gasteiger partial charge in [0.1, 0.15) is 6.04 Å². The first-order valence-corrected chi connectivity index (χ1v) is 8.45. The fraction of sp³-hybridized carbons (Fsp3) is 0.867. The van der Waals surface area contributed by atoms with Gasteiger partial charge >= 0.3 is 0 Å². The second kappa shape index (κ2) is 14.3. The summed E-state index contributed by atoms with van der Waals surface area (Å²) >= 11 is 0. The van der Waals surface area contributed by atoms with Crippen LogP contribution < -0.4 is 21.8 Å². The number of hydrogen-bond donors (Lipinski definition) is 7. The quantitative estimate of drug-likeness (QED) is 0.166. The van der Waals surface area contributed by atoms with Crippen molar-refractivity contribution in [2.24, 2.45) is 5.92 Å². The Labute approximate surface area is 143 Å². The second-order valence-electron chi connectivity index (χ2n) is 6.11. The molecule has 1 amide bonds. The average Bonchev–Trinajstić information content (AvgIpc) is 2.56. The average molecular weight is 348 g/mol. The van der Waals surface area contributed by atoms with Gasteiger partial charge in [-0.1, -0.05) is 13.8 Å². The zero-order valence-corrected chi connectivity index (χ0v) is 14.5. The molecule has 0 aliphatic rings. The lowest BCUT2D eigenvalue weighted by molar-refractivity contribution is -0.132. The Kier molecular flexibility index (Phi) is 13.6. The lowest BCUT2D eigenvalue weighted by atomic mass is 9.96. The van der Waals surface area contributed by atoms with E-state index in [4.69, 9.17) is 15.6 Å². The minimum Gasteiger partial charge on any atom is -0.345 e. The van der Waals surface area contributed by atoms with Gasteiger partial charge in [0.25, 0.3) is 0 Å². The monoisotopic (exact) mass is 348 g/mol. The predicted octanol–water partition coefficient (Wildman–Crippen LogP) is 0.342. The van der Waals surface area contributed by atoms with E-state index in [0.29, 0.717) is 51.6 Å². The first kappa shape index (κ1) is 22.9. The number of amides is 1. The van der Waals surface area contributed by atoms with Crippen molar-refractivity contribution >= 4 is 11.7 Å². The molecule has 0 aromatic carbocycles. The summed E-state index contributed by atoms with van der Waals surface area (Å²) in [7, 11) is 0. The number of Topliss-reactive ketones (excluding diaryl/α,β-unsaturated/α-hetero) is 1. The van der Waals surface area contributed by atoms with Crippen LogP contribution in [0.1, 0.15) is 52.4 Å². The van der Waals surface area contributed by atoms with Crippen LogP contribution in [0.5, 0.6) is 0 Å². The number of rotatable bonds is 15. The predicted molar refractivity (Wildman–Crippen MR) is 87.8 cm³/mol. The molecule has 0 aromatic rings. The topological polar surface area (TPSA) is 143 Å². The van der Waals surface area contributed by atoms with Gasteiger partial charge in [0.15, 0.2) is 5.78 Å². The maximum Gasteiger partial charge on any atom is 0.240 e. The molecule has 24 heavy (non-hydrogen) atoms. The molecule has 0 heterocycles. The molecular weight excluding hydrogens is 316 g/mol.